The Balaban J connectivity index is 1.61. The molecule has 6 heteroatoms. The van der Waals surface area contributed by atoms with Crippen molar-refractivity contribution in [2.45, 2.75) is 52.4 Å². The number of benzene rings is 1. The minimum absolute atomic E-state index is 0.0334. The van der Waals surface area contributed by atoms with Gasteiger partial charge in [-0.3, -0.25) is 0 Å². The van der Waals surface area contributed by atoms with Gasteiger partial charge in [0.15, 0.2) is 0 Å². The molecule has 1 aromatic rings. The summed E-state index contributed by atoms with van der Waals surface area (Å²) in [6.45, 7) is 8.66. The van der Waals surface area contributed by atoms with E-state index < -0.39 is 11.8 Å². The topological polar surface area (TPSA) is 59.6 Å². The number of urea groups is 1. The predicted octanol–water partition coefficient (Wildman–Crippen LogP) is 3.55. The number of halogens is 1. The van der Waals surface area contributed by atoms with Gasteiger partial charge in [0.2, 0.25) is 0 Å². The zero-order chi connectivity index (χ0) is 17.5. The summed E-state index contributed by atoms with van der Waals surface area (Å²) in [5, 5.41) is 5.56. The maximum absolute atomic E-state index is 14.1. The highest BCUT2D eigenvalue weighted by atomic mass is 19.1. The van der Waals surface area contributed by atoms with Gasteiger partial charge in [-0.25, -0.2) is 9.18 Å². The van der Waals surface area contributed by atoms with E-state index in [0.717, 1.165) is 13.0 Å². The van der Waals surface area contributed by atoms with E-state index in [1.54, 1.807) is 6.07 Å². The molecule has 1 aliphatic heterocycles. The minimum atomic E-state index is -0.516. The van der Waals surface area contributed by atoms with Crippen molar-refractivity contribution in [2.75, 3.05) is 11.9 Å². The molecule has 1 aliphatic carbocycles. The molecule has 5 nitrogen and oxygen atoms in total. The fraction of sp³-hybridized carbons (Fsp3) is 0.611. The Morgan fingerprint density at radius 3 is 2.83 bits per heavy atom. The molecule has 1 heterocycles. The lowest BCUT2D eigenvalue weighted by atomic mass is 9.57. The zero-order valence-corrected chi connectivity index (χ0v) is 14.6. The molecule has 24 heavy (non-hydrogen) atoms. The first-order chi connectivity index (χ1) is 11.3. The number of fused-ring (bicyclic) bond motifs is 1. The molecule has 2 fully saturated rings. The number of amides is 2. The maximum Gasteiger partial charge on any atom is 0.319 e. The van der Waals surface area contributed by atoms with Crippen LogP contribution in [0.2, 0.25) is 0 Å². The average molecular weight is 336 g/mol. The van der Waals surface area contributed by atoms with Crippen molar-refractivity contribution < 1.29 is 18.7 Å². The molecule has 0 aromatic heterocycles. The van der Waals surface area contributed by atoms with Crippen LogP contribution in [0.3, 0.4) is 0 Å². The third-order valence-corrected chi connectivity index (χ3v) is 4.95. The van der Waals surface area contributed by atoms with Crippen LogP contribution in [0.5, 0.6) is 5.75 Å². The van der Waals surface area contributed by atoms with Gasteiger partial charge in [0.25, 0.3) is 0 Å². The van der Waals surface area contributed by atoms with E-state index in [1.807, 2.05) is 13.8 Å². The Hall–Kier alpha value is -1.82. The van der Waals surface area contributed by atoms with Crippen LogP contribution in [0, 0.1) is 17.2 Å². The molecule has 2 aliphatic rings. The summed E-state index contributed by atoms with van der Waals surface area (Å²) in [6, 6.07) is 4.09. The molecule has 1 saturated heterocycles. The Kier molecular flexibility index (Phi) is 4.42. The van der Waals surface area contributed by atoms with Crippen molar-refractivity contribution in [3.05, 3.63) is 24.0 Å². The highest BCUT2D eigenvalue weighted by molar-refractivity contribution is 5.89. The lowest BCUT2D eigenvalue weighted by Crippen LogP contribution is -2.67. The maximum atomic E-state index is 14.1. The molecule has 2 N–H and O–H groups in total. The number of rotatable bonds is 4. The molecule has 0 radical (unpaired) electrons. The molecular weight excluding hydrogens is 311 g/mol. The number of nitrogens with one attached hydrogen (secondary N) is 2. The zero-order valence-electron chi connectivity index (χ0n) is 14.6. The number of anilines is 1. The van der Waals surface area contributed by atoms with Crippen molar-refractivity contribution >= 4 is 11.7 Å². The Morgan fingerprint density at radius 1 is 1.42 bits per heavy atom. The van der Waals surface area contributed by atoms with Crippen LogP contribution in [0.4, 0.5) is 14.9 Å². The summed E-state index contributed by atoms with van der Waals surface area (Å²) in [5.74, 6) is 0.273. The number of hydrogen-bond donors (Lipinski definition) is 2. The Labute approximate surface area is 141 Å². The fourth-order valence-corrected chi connectivity index (χ4v) is 3.86. The normalized spacial score (nSPS) is 27.3. The highest BCUT2D eigenvalue weighted by Gasteiger charge is 2.59. The first kappa shape index (κ1) is 17.0. The van der Waals surface area contributed by atoms with Crippen LogP contribution in [-0.2, 0) is 4.74 Å². The lowest BCUT2D eigenvalue weighted by Gasteiger charge is -2.54. The van der Waals surface area contributed by atoms with Crippen LogP contribution in [0.15, 0.2) is 18.2 Å². The van der Waals surface area contributed by atoms with Crippen LogP contribution < -0.4 is 15.4 Å². The fourth-order valence-electron chi connectivity index (χ4n) is 3.86. The number of carbonyl (C=O) groups excluding carboxylic acids is 1. The summed E-state index contributed by atoms with van der Waals surface area (Å²) < 4.78 is 25.3. The second kappa shape index (κ2) is 6.24. The second-order valence-electron chi connectivity index (χ2n) is 7.45. The number of hydrogen-bond acceptors (Lipinski definition) is 3. The van der Waals surface area contributed by atoms with Gasteiger partial charge in [-0.15, -0.1) is 0 Å². The largest absolute Gasteiger partial charge is 0.491 e. The number of carbonyl (C=O) groups is 1. The highest BCUT2D eigenvalue weighted by Crippen LogP contribution is 2.52. The van der Waals surface area contributed by atoms with Gasteiger partial charge in [0, 0.05) is 30.0 Å². The summed E-state index contributed by atoms with van der Waals surface area (Å²) in [4.78, 5) is 12.2. The van der Waals surface area contributed by atoms with Gasteiger partial charge >= 0.3 is 6.03 Å². The summed E-state index contributed by atoms with van der Waals surface area (Å²) in [7, 11) is 0. The molecule has 3 rings (SSSR count). The van der Waals surface area contributed by atoms with Gasteiger partial charge in [-0.2, -0.15) is 0 Å². The van der Waals surface area contributed by atoms with Crippen LogP contribution in [0.25, 0.3) is 0 Å². The summed E-state index contributed by atoms with van der Waals surface area (Å²) >= 11 is 0. The first-order valence-corrected chi connectivity index (χ1v) is 8.44. The molecule has 0 bridgehead atoms. The van der Waals surface area contributed by atoms with Crippen molar-refractivity contribution in [3.63, 3.8) is 0 Å². The van der Waals surface area contributed by atoms with E-state index >= 15 is 0 Å². The van der Waals surface area contributed by atoms with Crippen LogP contribution >= 0.6 is 0 Å². The predicted molar refractivity (Wildman–Crippen MR) is 89.7 cm³/mol. The third-order valence-electron chi connectivity index (χ3n) is 4.95. The molecule has 1 saturated carbocycles. The molecule has 3 atom stereocenters. The SMILES string of the molecule is CC(C)Oc1ccc(NC(=O)N[C@@H]2[C@@H]3CCO[C@@H]3C2(C)C)c(F)c1. The van der Waals surface area contributed by atoms with Crippen LogP contribution in [-0.4, -0.2) is 30.9 Å². The monoisotopic (exact) mass is 336 g/mol. The van der Waals surface area contributed by atoms with Gasteiger partial charge in [-0.05, 0) is 32.4 Å². The summed E-state index contributed by atoms with van der Waals surface area (Å²) in [5.41, 5.74) is 0.0337. The van der Waals surface area contributed by atoms with Crippen molar-refractivity contribution in [3.8, 4) is 5.75 Å². The molecule has 1 aromatic carbocycles. The third kappa shape index (κ3) is 3.07. The second-order valence-corrected chi connectivity index (χ2v) is 7.45. The molecule has 0 unspecified atom stereocenters. The molecule has 2 amide bonds. The van der Waals surface area contributed by atoms with Gasteiger partial charge < -0.3 is 20.1 Å². The van der Waals surface area contributed by atoms with Gasteiger partial charge in [-0.1, -0.05) is 13.8 Å². The number of ether oxygens (including phenoxy) is 2. The molecule has 132 valence electrons. The van der Waals surface area contributed by atoms with Crippen molar-refractivity contribution in [1.29, 1.82) is 0 Å². The smallest absolute Gasteiger partial charge is 0.319 e. The van der Waals surface area contributed by atoms with Crippen LogP contribution in [0.1, 0.15) is 34.1 Å². The Bertz CT molecular complexity index is 633. The van der Waals surface area contributed by atoms with Crippen molar-refractivity contribution in [2.24, 2.45) is 11.3 Å². The van der Waals surface area contributed by atoms with Gasteiger partial charge in [0.05, 0.1) is 17.9 Å². The standard InChI is InChI=1S/C18H25FN2O3/c1-10(2)24-11-5-6-14(13(19)9-11)20-17(22)21-15-12-7-8-23-16(12)18(15,3)4/h5-6,9-10,12,15-16H,7-8H2,1-4H3,(H2,20,21,22)/t12-,15+,16-/m0/s1. The van der Waals surface area contributed by atoms with E-state index in [-0.39, 0.29) is 29.4 Å². The lowest BCUT2D eigenvalue weighted by molar-refractivity contribution is -0.107. The van der Waals surface area contributed by atoms with E-state index in [9.17, 15) is 9.18 Å². The molecular formula is C18H25FN2O3. The van der Waals surface area contributed by atoms with E-state index in [2.05, 4.69) is 24.5 Å². The molecule has 0 spiro atoms. The van der Waals surface area contributed by atoms with Gasteiger partial charge in [0.1, 0.15) is 11.6 Å². The summed E-state index contributed by atoms with van der Waals surface area (Å²) in [6.07, 6.45) is 1.12. The van der Waals surface area contributed by atoms with Crippen molar-refractivity contribution in [1.82, 2.24) is 5.32 Å². The van der Waals surface area contributed by atoms with E-state index in [0.29, 0.717) is 11.7 Å². The quantitative estimate of drug-likeness (QED) is 0.884. The Morgan fingerprint density at radius 2 is 2.17 bits per heavy atom. The van der Waals surface area contributed by atoms with E-state index in [1.165, 1.54) is 12.1 Å². The first-order valence-electron chi connectivity index (χ1n) is 8.44. The average Bonchev–Trinajstić information content (AvgIpc) is 2.94. The minimum Gasteiger partial charge on any atom is -0.491 e. The van der Waals surface area contributed by atoms with E-state index in [4.69, 9.17) is 9.47 Å².